The van der Waals surface area contributed by atoms with Gasteiger partial charge >= 0.3 is 5.97 Å². The lowest BCUT2D eigenvalue weighted by molar-refractivity contribution is -0.151. The fraction of sp³-hybridized carbons (Fsp3) is 0.357. The number of hydrogen-bond donors (Lipinski definition) is 1. The molecule has 0 aliphatic heterocycles. The summed E-state index contributed by atoms with van der Waals surface area (Å²) in [6.45, 7) is 3.02. The highest BCUT2D eigenvalue weighted by Crippen LogP contribution is 2.27. The van der Waals surface area contributed by atoms with E-state index >= 15 is 0 Å². The van der Waals surface area contributed by atoms with Gasteiger partial charge < -0.3 is 4.74 Å². The zero-order valence-corrected chi connectivity index (χ0v) is 10.8. The largest absolute Gasteiger partial charge is 0.464 e. The van der Waals surface area contributed by atoms with Crippen molar-refractivity contribution in [2.24, 2.45) is 0 Å². The van der Waals surface area contributed by atoms with Crippen LogP contribution in [0.3, 0.4) is 0 Å². The van der Waals surface area contributed by atoms with Crippen LogP contribution in [0.15, 0.2) is 18.2 Å². The third kappa shape index (κ3) is 3.09. The SMILES string of the molecule is C#CCNC(C)(C(=O)OCC)c1c(F)cccc1F. The molecule has 1 aromatic rings. The zero-order valence-electron chi connectivity index (χ0n) is 10.8. The van der Waals surface area contributed by atoms with E-state index in [9.17, 15) is 13.6 Å². The van der Waals surface area contributed by atoms with Crippen LogP contribution in [0.25, 0.3) is 0 Å². The van der Waals surface area contributed by atoms with Gasteiger partial charge in [-0.15, -0.1) is 6.42 Å². The van der Waals surface area contributed by atoms with E-state index in [-0.39, 0.29) is 13.2 Å². The van der Waals surface area contributed by atoms with Crippen molar-refractivity contribution >= 4 is 5.97 Å². The number of ether oxygens (including phenoxy) is 1. The highest BCUT2D eigenvalue weighted by atomic mass is 19.1. The molecular weight excluding hydrogens is 252 g/mol. The Hall–Kier alpha value is -1.93. The number of nitrogens with one attached hydrogen (secondary N) is 1. The van der Waals surface area contributed by atoms with Gasteiger partial charge in [0.2, 0.25) is 0 Å². The van der Waals surface area contributed by atoms with Gasteiger partial charge in [0.05, 0.1) is 18.7 Å². The van der Waals surface area contributed by atoms with Crippen LogP contribution in [0.1, 0.15) is 19.4 Å². The molecule has 0 aliphatic carbocycles. The van der Waals surface area contributed by atoms with Crippen LogP contribution >= 0.6 is 0 Å². The minimum absolute atomic E-state index is 0.0247. The van der Waals surface area contributed by atoms with E-state index in [0.29, 0.717) is 0 Å². The van der Waals surface area contributed by atoms with Crippen LogP contribution in [0, 0.1) is 24.0 Å². The molecule has 1 aromatic carbocycles. The first kappa shape index (κ1) is 15.1. The lowest BCUT2D eigenvalue weighted by Gasteiger charge is -2.28. The Morgan fingerprint density at radius 3 is 2.53 bits per heavy atom. The lowest BCUT2D eigenvalue weighted by Crippen LogP contribution is -2.49. The Morgan fingerprint density at radius 1 is 1.47 bits per heavy atom. The summed E-state index contributed by atoms with van der Waals surface area (Å²) in [5.74, 6) is -0.184. The summed E-state index contributed by atoms with van der Waals surface area (Å²) < 4.78 is 32.5. The van der Waals surface area contributed by atoms with E-state index in [1.54, 1.807) is 6.92 Å². The van der Waals surface area contributed by atoms with Gasteiger partial charge in [0, 0.05) is 0 Å². The van der Waals surface area contributed by atoms with Crippen LogP contribution < -0.4 is 5.32 Å². The molecule has 0 radical (unpaired) electrons. The quantitative estimate of drug-likeness (QED) is 0.654. The maximum absolute atomic E-state index is 13.8. The number of benzene rings is 1. The average Bonchev–Trinajstić information content (AvgIpc) is 2.36. The lowest BCUT2D eigenvalue weighted by atomic mass is 9.90. The molecule has 102 valence electrons. The van der Waals surface area contributed by atoms with Crippen molar-refractivity contribution in [2.45, 2.75) is 19.4 Å². The molecular formula is C14H15F2NO2. The number of carbonyl (C=O) groups excluding carboxylic acids is 1. The first-order chi connectivity index (χ1) is 8.97. The number of rotatable bonds is 5. The highest BCUT2D eigenvalue weighted by Gasteiger charge is 2.40. The topological polar surface area (TPSA) is 38.3 Å². The van der Waals surface area contributed by atoms with Gasteiger partial charge in [0.15, 0.2) is 0 Å². The fourth-order valence-electron chi connectivity index (χ4n) is 1.74. The number of esters is 1. The second-order valence-corrected chi connectivity index (χ2v) is 4.00. The molecule has 1 atom stereocenters. The fourth-order valence-corrected chi connectivity index (χ4v) is 1.74. The van der Waals surface area contributed by atoms with Gasteiger partial charge in [-0.25, -0.2) is 13.6 Å². The van der Waals surface area contributed by atoms with Crippen molar-refractivity contribution in [3.05, 3.63) is 35.4 Å². The predicted octanol–water partition coefficient (Wildman–Crippen LogP) is 1.97. The van der Waals surface area contributed by atoms with Crippen molar-refractivity contribution in [3.8, 4) is 12.3 Å². The predicted molar refractivity (Wildman–Crippen MR) is 67.2 cm³/mol. The average molecular weight is 267 g/mol. The summed E-state index contributed by atoms with van der Waals surface area (Å²) >= 11 is 0. The minimum Gasteiger partial charge on any atom is -0.464 e. The Balaban J connectivity index is 3.31. The van der Waals surface area contributed by atoms with Crippen LogP contribution in [-0.4, -0.2) is 19.1 Å². The molecule has 1 unspecified atom stereocenters. The van der Waals surface area contributed by atoms with Crippen LogP contribution in [0.5, 0.6) is 0 Å². The van der Waals surface area contributed by atoms with E-state index in [2.05, 4.69) is 11.2 Å². The molecule has 1 rings (SSSR count). The molecule has 0 heterocycles. The second-order valence-electron chi connectivity index (χ2n) is 4.00. The van der Waals surface area contributed by atoms with Crippen LogP contribution in [-0.2, 0) is 15.1 Å². The third-order valence-electron chi connectivity index (χ3n) is 2.69. The summed E-state index contributed by atoms with van der Waals surface area (Å²) in [7, 11) is 0. The maximum atomic E-state index is 13.8. The van der Waals surface area contributed by atoms with E-state index in [1.165, 1.54) is 13.0 Å². The standard InChI is InChI=1S/C14H15F2NO2/c1-4-9-17-14(3,13(18)19-5-2)12-10(15)7-6-8-11(12)16/h1,6-8,17H,5,9H2,2-3H3. The van der Waals surface area contributed by atoms with Crippen molar-refractivity contribution in [2.75, 3.05) is 13.2 Å². The monoisotopic (exact) mass is 267 g/mol. The number of terminal acetylenes is 1. The third-order valence-corrected chi connectivity index (χ3v) is 2.69. The normalized spacial score (nSPS) is 13.4. The first-order valence-electron chi connectivity index (χ1n) is 5.77. The Bertz CT molecular complexity index is 490. The van der Waals surface area contributed by atoms with Gasteiger partial charge in [-0.1, -0.05) is 12.0 Å². The first-order valence-corrected chi connectivity index (χ1v) is 5.77. The molecule has 0 fully saturated rings. The van der Waals surface area contributed by atoms with Gasteiger partial charge in [-0.2, -0.15) is 0 Å². The number of hydrogen-bond acceptors (Lipinski definition) is 3. The molecule has 0 aromatic heterocycles. The minimum atomic E-state index is -1.67. The maximum Gasteiger partial charge on any atom is 0.330 e. The molecule has 0 saturated carbocycles. The molecule has 0 aliphatic rings. The van der Waals surface area contributed by atoms with E-state index in [1.807, 2.05) is 0 Å². The van der Waals surface area contributed by atoms with E-state index in [0.717, 1.165) is 12.1 Å². The van der Waals surface area contributed by atoms with Crippen LogP contribution in [0.2, 0.25) is 0 Å². The molecule has 0 saturated heterocycles. The van der Waals surface area contributed by atoms with Gasteiger partial charge in [0.1, 0.15) is 17.2 Å². The second kappa shape index (κ2) is 6.30. The molecule has 5 heteroatoms. The molecule has 1 N–H and O–H groups in total. The zero-order chi connectivity index (χ0) is 14.5. The van der Waals surface area contributed by atoms with E-state index in [4.69, 9.17) is 11.2 Å². The Labute approximate surface area is 111 Å². The number of halogens is 2. The van der Waals surface area contributed by atoms with Gasteiger partial charge in [-0.05, 0) is 26.0 Å². The Morgan fingerprint density at radius 2 is 2.05 bits per heavy atom. The summed E-state index contributed by atoms with van der Waals surface area (Å²) in [4.78, 5) is 12.0. The summed E-state index contributed by atoms with van der Waals surface area (Å²) in [5, 5.41) is 2.64. The van der Waals surface area contributed by atoms with Crippen LogP contribution in [0.4, 0.5) is 8.78 Å². The molecule has 0 bridgehead atoms. The van der Waals surface area contributed by atoms with E-state index < -0.39 is 28.7 Å². The number of carbonyl (C=O) groups is 1. The Kier molecular flexibility index (Phi) is 5.02. The van der Waals surface area contributed by atoms with Gasteiger partial charge in [0.25, 0.3) is 0 Å². The molecule has 19 heavy (non-hydrogen) atoms. The summed E-state index contributed by atoms with van der Waals surface area (Å²) in [5.41, 5.74) is -2.07. The highest BCUT2D eigenvalue weighted by molar-refractivity contribution is 5.82. The van der Waals surface area contributed by atoms with Gasteiger partial charge in [-0.3, -0.25) is 5.32 Å². The summed E-state index contributed by atoms with van der Waals surface area (Å²) in [6.07, 6.45) is 5.11. The summed E-state index contributed by atoms with van der Waals surface area (Å²) in [6, 6.07) is 3.38. The molecule has 3 nitrogen and oxygen atoms in total. The van der Waals surface area contributed by atoms with Crippen molar-refractivity contribution < 1.29 is 18.3 Å². The van der Waals surface area contributed by atoms with Crippen molar-refractivity contribution in [1.29, 1.82) is 0 Å². The van der Waals surface area contributed by atoms with Crippen molar-refractivity contribution in [1.82, 2.24) is 5.32 Å². The molecule has 0 amide bonds. The smallest absolute Gasteiger partial charge is 0.330 e. The molecule has 0 spiro atoms. The van der Waals surface area contributed by atoms with Crippen molar-refractivity contribution in [3.63, 3.8) is 0 Å².